The van der Waals surface area contributed by atoms with Crippen LogP contribution in [0.1, 0.15) is 26.7 Å². The van der Waals surface area contributed by atoms with Crippen LogP contribution in [-0.2, 0) is 26.1 Å². The highest BCUT2D eigenvalue weighted by Gasteiger charge is 2.39. The molecule has 9 nitrogen and oxygen atoms in total. The van der Waals surface area contributed by atoms with Crippen molar-refractivity contribution in [1.29, 1.82) is 0 Å². The minimum atomic E-state index is -3.86. The number of aromatic nitrogens is 1. The quantitative estimate of drug-likeness (QED) is 0.370. The number of carbonyl (C=O) groups is 1. The second kappa shape index (κ2) is 11.5. The van der Waals surface area contributed by atoms with Gasteiger partial charge in [-0.25, -0.2) is 8.42 Å². The van der Waals surface area contributed by atoms with Crippen molar-refractivity contribution in [1.82, 2.24) is 8.87 Å². The number of sulfonamides is 1. The molecule has 36 heavy (non-hydrogen) atoms. The minimum Gasteiger partial charge on any atom is -0.497 e. The molecule has 0 bridgehead atoms. The van der Waals surface area contributed by atoms with Crippen molar-refractivity contribution in [2.45, 2.75) is 44.2 Å². The van der Waals surface area contributed by atoms with Gasteiger partial charge in [-0.1, -0.05) is 11.3 Å². The van der Waals surface area contributed by atoms with Gasteiger partial charge in [-0.2, -0.15) is 9.30 Å². The molecule has 2 heterocycles. The molecule has 2 aromatic carbocycles. The molecule has 1 fully saturated rings. The van der Waals surface area contributed by atoms with Gasteiger partial charge in [0.25, 0.3) is 5.91 Å². The zero-order valence-electron chi connectivity index (χ0n) is 20.7. The maximum absolute atomic E-state index is 13.4. The summed E-state index contributed by atoms with van der Waals surface area (Å²) >= 11 is 1.38. The Morgan fingerprint density at radius 2 is 1.86 bits per heavy atom. The number of hydrogen-bond acceptors (Lipinski definition) is 7. The molecule has 1 aliphatic heterocycles. The van der Waals surface area contributed by atoms with Gasteiger partial charge in [0.05, 0.1) is 35.4 Å². The van der Waals surface area contributed by atoms with Crippen molar-refractivity contribution < 1.29 is 27.4 Å². The van der Waals surface area contributed by atoms with Gasteiger partial charge in [-0.3, -0.25) is 4.79 Å². The number of rotatable bonds is 10. The largest absolute Gasteiger partial charge is 0.497 e. The first-order chi connectivity index (χ1) is 17.4. The zero-order valence-corrected chi connectivity index (χ0v) is 22.3. The third kappa shape index (κ3) is 5.49. The Labute approximate surface area is 215 Å². The Hall–Kier alpha value is -2.73. The van der Waals surface area contributed by atoms with E-state index in [-0.39, 0.29) is 11.4 Å². The second-order valence-corrected chi connectivity index (χ2v) is 11.1. The molecule has 0 spiro atoms. The predicted molar refractivity (Wildman–Crippen MR) is 138 cm³/mol. The number of ether oxygens (including phenoxy) is 3. The molecule has 1 atom stereocenters. The summed E-state index contributed by atoms with van der Waals surface area (Å²) in [5.41, 5.74) is 0.920. The molecule has 4 rings (SSSR count). The summed E-state index contributed by atoms with van der Waals surface area (Å²) in [5, 5.41) is 0. The standard InChI is InChI=1S/C25H31N3O6S2/c1-4-33-16-15-27-21-13-10-19(34-5-2)17-23(21)35-25(27)26-24(29)22-7-6-14-28(22)36(30,31)20-11-8-18(32-3)9-12-20/h8-13,17,22H,4-7,14-16H2,1-3H3. The Morgan fingerprint density at radius 1 is 1.11 bits per heavy atom. The van der Waals surface area contributed by atoms with Crippen LogP contribution in [-0.4, -0.2) is 62.7 Å². The molecule has 1 aliphatic rings. The van der Waals surface area contributed by atoms with Gasteiger partial charge in [-0.05, 0) is 69.2 Å². The van der Waals surface area contributed by atoms with Crippen LogP contribution in [0, 0.1) is 0 Å². The number of fused-ring (bicyclic) bond motifs is 1. The Bertz CT molecular complexity index is 1380. The van der Waals surface area contributed by atoms with Gasteiger partial charge < -0.3 is 18.8 Å². The van der Waals surface area contributed by atoms with Crippen LogP contribution < -0.4 is 14.3 Å². The van der Waals surface area contributed by atoms with Crippen molar-refractivity contribution in [2.24, 2.45) is 4.99 Å². The number of amides is 1. The van der Waals surface area contributed by atoms with Crippen LogP contribution in [0.2, 0.25) is 0 Å². The number of hydrogen-bond donors (Lipinski definition) is 0. The molecular weight excluding hydrogens is 502 g/mol. The molecule has 194 valence electrons. The molecule has 1 saturated heterocycles. The van der Waals surface area contributed by atoms with E-state index in [0.717, 1.165) is 16.0 Å². The predicted octanol–water partition coefficient (Wildman–Crippen LogP) is 3.43. The van der Waals surface area contributed by atoms with E-state index in [1.54, 1.807) is 12.1 Å². The monoisotopic (exact) mass is 533 g/mol. The van der Waals surface area contributed by atoms with E-state index >= 15 is 0 Å². The summed E-state index contributed by atoms with van der Waals surface area (Å²) in [5.74, 6) is 0.840. The molecule has 1 aromatic heterocycles. The van der Waals surface area contributed by atoms with Crippen LogP contribution >= 0.6 is 11.3 Å². The average Bonchev–Trinajstić information content (AvgIpc) is 3.50. The highest BCUT2D eigenvalue weighted by Crippen LogP contribution is 2.28. The van der Waals surface area contributed by atoms with E-state index in [9.17, 15) is 13.2 Å². The maximum Gasteiger partial charge on any atom is 0.266 e. The van der Waals surface area contributed by atoms with Gasteiger partial charge in [0.15, 0.2) is 4.80 Å². The Kier molecular flexibility index (Phi) is 8.45. The van der Waals surface area contributed by atoms with E-state index < -0.39 is 22.0 Å². The van der Waals surface area contributed by atoms with E-state index in [4.69, 9.17) is 14.2 Å². The first-order valence-electron chi connectivity index (χ1n) is 12.0. The fraction of sp³-hybridized carbons (Fsp3) is 0.440. The number of thiazole rings is 1. The molecule has 0 aliphatic carbocycles. The lowest BCUT2D eigenvalue weighted by atomic mass is 10.2. The summed E-state index contributed by atoms with van der Waals surface area (Å²) in [6.07, 6.45) is 1.02. The number of nitrogens with zero attached hydrogens (tertiary/aromatic N) is 3. The lowest BCUT2D eigenvalue weighted by molar-refractivity contribution is -0.121. The average molecular weight is 534 g/mol. The fourth-order valence-corrected chi connectivity index (χ4v) is 6.98. The van der Waals surface area contributed by atoms with Crippen molar-refractivity contribution in [3.05, 3.63) is 47.3 Å². The van der Waals surface area contributed by atoms with Gasteiger partial charge in [0, 0.05) is 19.7 Å². The fourth-order valence-electron chi connectivity index (χ4n) is 4.24. The van der Waals surface area contributed by atoms with Crippen LogP contribution in [0.25, 0.3) is 10.2 Å². The number of benzene rings is 2. The molecule has 0 saturated carbocycles. The molecule has 1 amide bonds. The molecule has 0 N–H and O–H groups in total. The Morgan fingerprint density at radius 3 is 2.56 bits per heavy atom. The summed E-state index contributed by atoms with van der Waals surface area (Å²) < 4.78 is 47.1. The SMILES string of the molecule is CCOCCn1c(=NC(=O)C2CCCN2S(=O)(=O)c2ccc(OC)cc2)sc2cc(OCC)ccc21. The highest BCUT2D eigenvalue weighted by atomic mass is 32.2. The van der Waals surface area contributed by atoms with E-state index in [1.165, 1.54) is 34.9 Å². The Balaban J connectivity index is 1.68. The molecule has 11 heteroatoms. The van der Waals surface area contributed by atoms with E-state index in [0.29, 0.717) is 49.8 Å². The first-order valence-corrected chi connectivity index (χ1v) is 14.2. The minimum absolute atomic E-state index is 0.125. The lowest BCUT2D eigenvalue weighted by Crippen LogP contribution is -2.40. The van der Waals surface area contributed by atoms with Crippen molar-refractivity contribution in [2.75, 3.05) is 33.5 Å². The van der Waals surface area contributed by atoms with Gasteiger partial charge in [-0.15, -0.1) is 0 Å². The first kappa shape index (κ1) is 26.3. The lowest BCUT2D eigenvalue weighted by Gasteiger charge is -2.21. The van der Waals surface area contributed by atoms with Gasteiger partial charge in [0.2, 0.25) is 10.0 Å². The number of methoxy groups -OCH3 is 1. The van der Waals surface area contributed by atoms with Crippen LogP contribution in [0.3, 0.4) is 0 Å². The zero-order chi connectivity index (χ0) is 25.7. The van der Waals surface area contributed by atoms with Gasteiger partial charge in [0.1, 0.15) is 17.5 Å². The third-order valence-corrected chi connectivity index (χ3v) is 8.95. The van der Waals surface area contributed by atoms with Crippen molar-refractivity contribution in [3.63, 3.8) is 0 Å². The molecule has 1 unspecified atom stereocenters. The van der Waals surface area contributed by atoms with E-state index in [2.05, 4.69) is 4.99 Å². The van der Waals surface area contributed by atoms with Gasteiger partial charge >= 0.3 is 0 Å². The summed E-state index contributed by atoms with van der Waals surface area (Å²) in [6, 6.07) is 11.1. The third-order valence-electron chi connectivity index (χ3n) is 5.99. The molecule has 3 aromatic rings. The van der Waals surface area contributed by atoms with Crippen molar-refractivity contribution in [3.8, 4) is 11.5 Å². The van der Waals surface area contributed by atoms with Crippen LogP contribution in [0.5, 0.6) is 11.5 Å². The highest BCUT2D eigenvalue weighted by molar-refractivity contribution is 7.89. The molecule has 0 radical (unpaired) electrons. The normalized spacial score (nSPS) is 17.1. The topological polar surface area (TPSA) is 99.4 Å². The smallest absolute Gasteiger partial charge is 0.266 e. The second-order valence-electron chi connectivity index (χ2n) is 8.20. The van der Waals surface area contributed by atoms with Crippen LogP contribution in [0.4, 0.5) is 0 Å². The summed E-state index contributed by atoms with van der Waals surface area (Å²) in [7, 11) is -2.34. The number of carbonyl (C=O) groups excluding carboxylic acids is 1. The van der Waals surface area contributed by atoms with Crippen LogP contribution in [0.15, 0.2) is 52.4 Å². The summed E-state index contributed by atoms with van der Waals surface area (Å²) in [6.45, 7) is 6.25. The molecular formula is C25H31N3O6S2. The maximum atomic E-state index is 13.4. The summed E-state index contributed by atoms with van der Waals surface area (Å²) in [4.78, 5) is 18.5. The van der Waals surface area contributed by atoms with Crippen molar-refractivity contribution >= 4 is 37.5 Å². The van der Waals surface area contributed by atoms with E-state index in [1.807, 2.05) is 36.6 Å².